The third-order valence-electron chi connectivity index (χ3n) is 2.22. The van der Waals surface area contributed by atoms with Gasteiger partial charge in [0.05, 0.1) is 4.88 Å². The molecule has 2 aromatic heterocycles. The minimum Gasteiger partial charge on any atom is -0.286 e. The number of aryl methyl sites for hydroxylation is 1. The smallest absolute Gasteiger partial charge is 0.237 e. The molecule has 0 spiro atoms. The lowest BCUT2D eigenvalue weighted by atomic mass is 10.2. The van der Waals surface area contributed by atoms with E-state index in [-0.39, 0.29) is 5.78 Å². The zero-order valence-electron chi connectivity index (χ0n) is 8.51. The molecule has 0 fully saturated rings. The first-order valence-corrected chi connectivity index (χ1v) is 5.67. The fraction of sp³-hybridized carbons (Fsp3) is 0.167. The number of carbonyl (C=O) groups is 1. The molecule has 0 saturated carbocycles. The largest absolute Gasteiger partial charge is 0.286 e. The van der Waals surface area contributed by atoms with E-state index in [1.165, 1.54) is 11.3 Å². The van der Waals surface area contributed by atoms with Gasteiger partial charge in [0.25, 0.3) is 0 Å². The fourth-order valence-electron chi connectivity index (χ4n) is 1.44. The minimum atomic E-state index is 0.179. The topological polar surface area (TPSA) is 20.9 Å². The normalized spacial score (nSPS) is 10.2. The third-order valence-corrected chi connectivity index (χ3v) is 3.28. The Bertz CT molecular complexity index is 461. The lowest BCUT2D eigenvalue weighted by Crippen LogP contribution is -2.36. The summed E-state index contributed by atoms with van der Waals surface area (Å²) in [4.78, 5) is 12.8. The molecular weight excluding hydrogens is 206 g/mol. The molecule has 2 heterocycles. The molecule has 0 atom stereocenters. The van der Waals surface area contributed by atoms with Gasteiger partial charge in [-0.05, 0) is 23.9 Å². The molecule has 0 aliphatic carbocycles. The summed E-state index contributed by atoms with van der Waals surface area (Å²) in [5, 5.41) is 1.96. The highest BCUT2D eigenvalue weighted by molar-refractivity contribution is 7.12. The second-order valence-corrected chi connectivity index (χ2v) is 4.32. The predicted octanol–water partition coefficient (Wildman–Crippen LogP) is 2.23. The van der Waals surface area contributed by atoms with Crippen LogP contribution in [0.25, 0.3) is 0 Å². The molecule has 15 heavy (non-hydrogen) atoms. The zero-order valence-corrected chi connectivity index (χ0v) is 9.33. The molecule has 2 rings (SSSR count). The van der Waals surface area contributed by atoms with Gasteiger partial charge in [0.15, 0.2) is 12.4 Å². The maximum absolute atomic E-state index is 11.9. The predicted molar refractivity (Wildman–Crippen MR) is 60.0 cm³/mol. The summed E-state index contributed by atoms with van der Waals surface area (Å²) in [5.41, 5.74) is 1.07. The van der Waals surface area contributed by atoms with Crippen LogP contribution >= 0.6 is 11.3 Å². The van der Waals surface area contributed by atoms with Crippen LogP contribution in [0.1, 0.15) is 15.2 Å². The third kappa shape index (κ3) is 2.30. The summed E-state index contributed by atoms with van der Waals surface area (Å²) in [6.07, 6.45) is 3.81. The van der Waals surface area contributed by atoms with E-state index in [1.54, 1.807) is 0 Å². The highest BCUT2D eigenvalue weighted by atomic mass is 32.1. The number of ketones is 1. The molecule has 3 heteroatoms. The van der Waals surface area contributed by atoms with Crippen LogP contribution in [0.3, 0.4) is 0 Å². The molecule has 0 radical (unpaired) electrons. The van der Waals surface area contributed by atoms with Crippen LogP contribution in [-0.2, 0) is 6.54 Å². The Hall–Kier alpha value is -1.48. The quantitative estimate of drug-likeness (QED) is 0.571. The van der Waals surface area contributed by atoms with Crippen LogP contribution in [0, 0.1) is 6.92 Å². The van der Waals surface area contributed by atoms with Gasteiger partial charge in [0.2, 0.25) is 12.3 Å². The molecule has 0 aliphatic rings. The Morgan fingerprint density at radius 2 is 2.07 bits per heavy atom. The number of thiophene rings is 1. The van der Waals surface area contributed by atoms with Crippen molar-refractivity contribution in [3.8, 4) is 0 Å². The van der Waals surface area contributed by atoms with Gasteiger partial charge in [-0.2, -0.15) is 4.57 Å². The maximum atomic E-state index is 11.9. The van der Waals surface area contributed by atoms with Gasteiger partial charge in [-0.15, -0.1) is 11.3 Å². The van der Waals surface area contributed by atoms with Gasteiger partial charge in [-0.3, -0.25) is 4.79 Å². The SMILES string of the molecule is Cc1ccsc1C(=O)C[n+]1ccccc1. The van der Waals surface area contributed by atoms with Crippen LogP contribution < -0.4 is 4.57 Å². The summed E-state index contributed by atoms with van der Waals surface area (Å²) >= 11 is 1.51. The first-order chi connectivity index (χ1) is 7.27. The zero-order chi connectivity index (χ0) is 10.7. The number of hydrogen-bond donors (Lipinski definition) is 0. The van der Waals surface area contributed by atoms with Crippen molar-refractivity contribution in [3.05, 3.63) is 52.5 Å². The minimum absolute atomic E-state index is 0.179. The van der Waals surface area contributed by atoms with Crippen molar-refractivity contribution in [2.24, 2.45) is 0 Å². The van der Waals surface area contributed by atoms with E-state index in [2.05, 4.69) is 0 Å². The number of nitrogens with zero attached hydrogens (tertiary/aromatic N) is 1. The van der Waals surface area contributed by atoms with Crippen LogP contribution in [0.2, 0.25) is 0 Å². The van der Waals surface area contributed by atoms with Crippen molar-refractivity contribution in [2.75, 3.05) is 0 Å². The standard InChI is InChI=1S/C12H12NOS/c1-10-5-8-15-12(10)11(14)9-13-6-3-2-4-7-13/h2-8H,9H2,1H3/q+1. The van der Waals surface area contributed by atoms with Gasteiger partial charge in [-0.1, -0.05) is 6.07 Å². The van der Waals surface area contributed by atoms with Crippen LogP contribution in [-0.4, -0.2) is 5.78 Å². The highest BCUT2D eigenvalue weighted by Gasteiger charge is 2.14. The molecule has 0 amide bonds. The van der Waals surface area contributed by atoms with E-state index in [4.69, 9.17) is 0 Å². The Morgan fingerprint density at radius 3 is 2.67 bits per heavy atom. The summed E-state index contributed by atoms with van der Waals surface area (Å²) in [6, 6.07) is 7.77. The average molecular weight is 218 g/mol. The van der Waals surface area contributed by atoms with E-state index in [1.807, 2.05) is 53.5 Å². The van der Waals surface area contributed by atoms with Crippen molar-refractivity contribution in [3.63, 3.8) is 0 Å². The number of carbonyl (C=O) groups excluding carboxylic acids is 1. The molecule has 0 N–H and O–H groups in total. The van der Waals surface area contributed by atoms with E-state index in [0.717, 1.165) is 10.4 Å². The summed E-state index contributed by atoms with van der Waals surface area (Å²) in [7, 11) is 0. The van der Waals surface area contributed by atoms with Crippen LogP contribution in [0.15, 0.2) is 42.0 Å². The Labute approximate surface area is 92.8 Å². The Balaban J connectivity index is 2.15. The fourth-order valence-corrected chi connectivity index (χ4v) is 2.29. The van der Waals surface area contributed by atoms with Crippen LogP contribution in [0.4, 0.5) is 0 Å². The van der Waals surface area contributed by atoms with Gasteiger partial charge in [0.1, 0.15) is 0 Å². The Morgan fingerprint density at radius 1 is 1.33 bits per heavy atom. The molecule has 0 bridgehead atoms. The molecule has 0 saturated heterocycles. The lowest BCUT2D eigenvalue weighted by Gasteiger charge is -1.95. The van der Waals surface area contributed by atoms with Gasteiger partial charge >= 0.3 is 0 Å². The molecule has 2 aromatic rings. The summed E-state index contributed by atoms with van der Waals surface area (Å²) < 4.78 is 1.89. The van der Waals surface area contributed by atoms with Crippen molar-refractivity contribution in [1.82, 2.24) is 0 Å². The summed E-state index contributed by atoms with van der Waals surface area (Å²) in [6.45, 7) is 2.39. The second-order valence-electron chi connectivity index (χ2n) is 3.40. The van der Waals surface area contributed by atoms with Crippen LogP contribution in [0.5, 0.6) is 0 Å². The average Bonchev–Trinajstić information content (AvgIpc) is 2.66. The molecule has 0 aliphatic heterocycles. The van der Waals surface area contributed by atoms with E-state index >= 15 is 0 Å². The lowest BCUT2D eigenvalue weighted by molar-refractivity contribution is -0.683. The van der Waals surface area contributed by atoms with Gasteiger partial charge < -0.3 is 0 Å². The van der Waals surface area contributed by atoms with Crippen molar-refractivity contribution in [2.45, 2.75) is 13.5 Å². The highest BCUT2D eigenvalue weighted by Crippen LogP contribution is 2.15. The number of hydrogen-bond acceptors (Lipinski definition) is 2. The number of Topliss-reactive ketones (excluding diaryl/α,β-unsaturated/α-hetero) is 1. The molecule has 76 valence electrons. The first kappa shape index (κ1) is 10.1. The number of aromatic nitrogens is 1. The second kappa shape index (κ2) is 4.36. The van der Waals surface area contributed by atoms with Gasteiger partial charge in [0, 0.05) is 12.1 Å². The molecule has 0 aromatic carbocycles. The monoisotopic (exact) mass is 218 g/mol. The van der Waals surface area contributed by atoms with E-state index in [9.17, 15) is 4.79 Å². The summed E-state index contributed by atoms with van der Waals surface area (Å²) in [5.74, 6) is 0.179. The first-order valence-electron chi connectivity index (χ1n) is 4.79. The number of rotatable bonds is 3. The van der Waals surface area contributed by atoms with Gasteiger partial charge in [-0.25, -0.2) is 0 Å². The molecule has 2 nitrogen and oxygen atoms in total. The van der Waals surface area contributed by atoms with E-state index < -0.39 is 0 Å². The Kier molecular flexibility index (Phi) is 2.92. The molecular formula is C12H12NOS+. The van der Waals surface area contributed by atoms with E-state index in [0.29, 0.717) is 6.54 Å². The number of pyridine rings is 1. The van der Waals surface area contributed by atoms with Crippen molar-refractivity contribution in [1.29, 1.82) is 0 Å². The van der Waals surface area contributed by atoms with Crippen molar-refractivity contribution < 1.29 is 9.36 Å². The molecule has 0 unspecified atom stereocenters. The maximum Gasteiger partial charge on any atom is 0.237 e. The van der Waals surface area contributed by atoms with Crippen molar-refractivity contribution >= 4 is 17.1 Å².